The standard InChI is InChI=1S/C16H18N2O4S/c1-4-23(20,21)14-6-5-11-17-15(14)16(19)18(2)12-7-9-13(22-3)10-8-12/h5-11H,4H2,1-3H3. The fourth-order valence-electron chi connectivity index (χ4n) is 2.04. The number of hydrogen-bond acceptors (Lipinski definition) is 5. The van der Waals surface area contributed by atoms with Crippen LogP contribution in [0.25, 0.3) is 0 Å². The van der Waals surface area contributed by atoms with Gasteiger partial charge in [-0.2, -0.15) is 0 Å². The van der Waals surface area contributed by atoms with Gasteiger partial charge in [0.05, 0.1) is 17.8 Å². The number of pyridine rings is 1. The van der Waals surface area contributed by atoms with Gasteiger partial charge in [-0.15, -0.1) is 0 Å². The molecule has 1 aromatic heterocycles. The number of benzene rings is 1. The molecule has 2 rings (SSSR count). The van der Waals surface area contributed by atoms with Crippen molar-refractivity contribution in [3.8, 4) is 5.75 Å². The van der Waals surface area contributed by atoms with Crippen LogP contribution in [-0.4, -0.2) is 39.2 Å². The molecule has 0 fully saturated rings. The van der Waals surface area contributed by atoms with Crippen LogP contribution in [0.5, 0.6) is 5.75 Å². The number of rotatable bonds is 5. The molecule has 0 unspecified atom stereocenters. The van der Waals surface area contributed by atoms with E-state index in [-0.39, 0.29) is 16.3 Å². The first-order valence-electron chi connectivity index (χ1n) is 7.00. The number of hydrogen-bond donors (Lipinski definition) is 0. The zero-order chi connectivity index (χ0) is 17.0. The van der Waals surface area contributed by atoms with E-state index in [9.17, 15) is 13.2 Å². The third kappa shape index (κ3) is 3.50. The van der Waals surface area contributed by atoms with Gasteiger partial charge >= 0.3 is 0 Å². The van der Waals surface area contributed by atoms with E-state index in [2.05, 4.69) is 4.98 Å². The molecule has 0 atom stereocenters. The molecule has 0 saturated carbocycles. The molecule has 6 nitrogen and oxygen atoms in total. The van der Waals surface area contributed by atoms with Crippen molar-refractivity contribution < 1.29 is 17.9 Å². The quantitative estimate of drug-likeness (QED) is 0.837. The second-order valence-electron chi connectivity index (χ2n) is 4.82. The van der Waals surface area contributed by atoms with Gasteiger partial charge < -0.3 is 9.64 Å². The number of carbonyl (C=O) groups excluding carboxylic acids is 1. The minimum Gasteiger partial charge on any atom is -0.497 e. The van der Waals surface area contributed by atoms with E-state index in [0.29, 0.717) is 11.4 Å². The average molecular weight is 334 g/mol. The molecule has 7 heteroatoms. The van der Waals surface area contributed by atoms with E-state index >= 15 is 0 Å². The lowest BCUT2D eigenvalue weighted by Crippen LogP contribution is -2.29. The molecule has 1 aromatic carbocycles. The molecule has 1 heterocycles. The van der Waals surface area contributed by atoms with E-state index in [1.807, 2.05) is 0 Å². The van der Waals surface area contributed by atoms with Crippen LogP contribution < -0.4 is 9.64 Å². The van der Waals surface area contributed by atoms with E-state index in [0.717, 1.165) is 0 Å². The van der Waals surface area contributed by atoms with Crippen molar-refractivity contribution in [3.05, 3.63) is 48.3 Å². The average Bonchev–Trinajstić information content (AvgIpc) is 2.60. The van der Waals surface area contributed by atoms with Crippen molar-refractivity contribution in [3.63, 3.8) is 0 Å². The maximum Gasteiger partial charge on any atom is 0.277 e. The van der Waals surface area contributed by atoms with E-state index in [1.54, 1.807) is 38.4 Å². The molecular weight excluding hydrogens is 316 g/mol. The number of carbonyl (C=O) groups is 1. The Kier molecular flexibility index (Phi) is 5.00. The third-order valence-electron chi connectivity index (χ3n) is 3.45. The van der Waals surface area contributed by atoms with Crippen molar-refractivity contribution >= 4 is 21.4 Å². The topological polar surface area (TPSA) is 76.6 Å². The van der Waals surface area contributed by atoms with Crippen LogP contribution in [-0.2, 0) is 9.84 Å². The number of anilines is 1. The van der Waals surface area contributed by atoms with Crippen molar-refractivity contribution in [1.29, 1.82) is 0 Å². The highest BCUT2D eigenvalue weighted by atomic mass is 32.2. The summed E-state index contributed by atoms with van der Waals surface area (Å²) in [4.78, 5) is 17.9. The van der Waals surface area contributed by atoms with Crippen molar-refractivity contribution in [2.24, 2.45) is 0 Å². The normalized spacial score (nSPS) is 11.1. The SMILES string of the molecule is CCS(=O)(=O)c1cccnc1C(=O)N(C)c1ccc(OC)cc1. The van der Waals surface area contributed by atoms with Crippen molar-refractivity contribution in [2.45, 2.75) is 11.8 Å². The van der Waals surface area contributed by atoms with Crippen molar-refractivity contribution in [2.75, 3.05) is 24.8 Å². The Balaban J connectivity index is 2.40. The lowest BCUT2D eigenvalue weighted by molar-refractivity contribution is 0.0985. The molecule has 0 aliphatic carbocycles. The monoisotopic (exact) mass is 334 g/mol. The maximum atomic E-state index is 12.7. The van der Waals surface area contributed by atoms with Gasteiger partial charge in [0.25, 0.3) is 5.91 Å². The Labute approximate surface area is 135 Å². The van der Waals surface area contributed by atoms with Gasteiger partial charge in [-0.25, -0.2) is 13.4 Å². The highest BCUT2D eigenvalue weighted by Gasteiger charge is 2.24. The van der Waals surface area contributed by atoms with Crippen LogP contribution in [0.1, 0.15) is 17.4 Å². The Morgan fingerprint density at radius 3 is 2.43 bits per heavy atom. The number of sulfone groups is 1. The Morgan fingerprint density at radius 1 is 1.22 bits per heavy atom. The maximum absolute atomic E-state index is 12.7. The Morgan fingerprint density at radius 2 is 1.87 bits per heavy atom. The summed E-state index contributed by atoms with van der Waals surface area (Å²) < 4.78 is 29.4. The second kappa shape index (κ2) is 6.78. The molecule has 0 aliphatic heterocycles. The first-order chi connectivity index (χ1) is 10.9. The summed E-state index contributed by atoms with van der Waals surface area (Å²) in [7, 11) is -0.404. The largest absolute Gasteiger partial charge is 0.497 e. The van der Waals surface area contributed by atoms with Gasteiger partial charge in [0.15, 0.2) is 9.84 Å². The molecule has 122 valence electrons. The number of amides is 1. The van der Waals surface area contributed by atoms with E-state index in [1.165, 1.54) is 30.2 Å². The Hall–Kier alpha value is -2.41. The molecule has 1 amide bonds. The summed E-state index contributed by atoms with van der Waals surface area (Å²) in [5.41, 5.74) is 0.536. The first-order valence-corrected chi connectivity index (χ1v) is 8.65. The van der Waals surface area contributed by atoms with Crippen LogP contribution >= 0.6 is 0 Å². The fraction of sp³-hybridized carbons (Fsp3) is 0.250. The summed E-state index contributed by atoms with van der Waals surface area (Å²) in [6.07, 6.45) is 1.41. The molecule has 0 N–H and O–H groups in total. The predicted octanol–water partition coefficient (Wildman–Crippen LogP) is 2.16. The predicted molar refractivity (Wildman–Crippen MR) is 87.7 cm³/mol. The fourth-order valence-corrected chi connectivity index (χ4v) is 3.07. The van der Waals surface area contributed by atoms with Crippen molar-refractivity contribution in [1.82, 2.24) is 4.98 Å². The minimum absolute atomic E-state index is 0.0483. The van der Waals surface area contributed by atoms with Crippen LogP contribution in [0.15, 0.2) is 47.5 Å². The van der Waals surface area contributed by atoms with Gasteiger partial charge in [0.1, 0.15) is 11.4 Å². The van der Waals surface area contributed by atoms with Crippen LogP contribution in [0.3, 0.4) is 0 Å². The molecule has 2 aromatic rings. The minimum atomic E-state index is -3.53. The third-order valence-corrected chi connectivity index (χ3v) is 5.21. The zero-order valence-corrected chi connectivity index (χ0v) is 14.0. The summed E-state index contributed by atoms with van der Waals surface area (Å²) in [5.74, 6) is 0.0927. The summed E-state index contributed by atoms with van der Waals surface area (Å²) in [6, 6.07) is 9.79. The highest BCUT2D eigenvalue weighted by molar-refractivity contribution is 7.91. The Bertz CT molecular complexity index is 801. The zero-order valence-electron chi connectivity index (χ0n) is 13.2. The van der Waals surface area contributed by atoms with Gasteiger partial charge in [-0.3, -0.25) is 4.79 Å². The second-order valence-corrected chi connectivity index (χ2v) is 7.06. The van der Waals surface area contributed by atoms with Gasteiger partial charge in [0.2, 0.25) is 0 Å². The van der Waals surface area contributed by atoms with Gasteiger partial charge in [-0.1, -0.05) is 6.92 Å². The lowest BCUT2D eigenvalue weighted by Gasteiger charge is -2.18. The number of methoxy groups -OCH3 is 1. The van der Waals surface area contributed by atoms with Crippen LogP contribution in [0, 0.1) is 0 Å². The van der Waals surface area contributed by atoms with Gasteiger partial charge in [0, 0.05) is 18.9 Å². The van der Waals surface area contributed by atoms with E-state index < -0.39 is 15.7 Å². The summed E-state index contributed by atoms with van der Waals surface area (Å²) in [5, 5.41) is 0. The number of nitrogens with zero attached hydrogens (tertiary/aromatic N) is 2. The molecule has 23 heavy (non-hydrogen) atoms. The number of aromatic nitrogens is 1. The molecular formula is C16H18N2O4S. The van der Waals surface area contributed by atoms with E-state index in [4.69, 9.17) is 4.74 Å². The van der Waals surface area contributed by atoms with Crippen LogP contribution in [0.4, 0.5) is 5.69 Å². The number of ether oxygens (including phenoxy) is 1. The summed E-state index contributed by atoms with van der Waals surface area (Å²) >= 11 is 0. The van der Waals surface area contributed by atoms with Gasteiger partial charge in [-0.05, 0) is 36.4 Å². The highest BCUT2D eigenvalue weighted by Crippen LogP contribution is 2.22. The summed E-state index contributed by atoms with van der Waals surface area (Å²) in [6.45, 7) is 1.53. The first kappa shape index (κ1) is 17.0. The molecule has 0 radical (unpaired) electrons. The smallest absolute Gasteiger partial charge is 0.277 e. The lowest BCUT2D eigenvalue weighted by atomic mass is 10.2. The molecule has 0 spiro atoms. The molecule has 0 saturated heterocycles. The molecule has 0 aliphatic rings. The van der Waals surface area contributed by atoms with Crippen LogP contribution in [0.2, 0.25) is 0 Å². The molecule has 0 bridgehead atoms.